The summed E-state index contributed by atoms with van der Waals surface area (Å²) >= 11 is 0. The van der Waals surface area contributed by atoms with Crippen molar-refractivity contribution in [2.45, 2.75) is 18.9 Å². The quantitative estimate of drug-likeness (QED) is 0.772. The number of aromatic hydroxyl groups is 1. The van der Waals surface area contributed by atoms with Crippen molar-refractivity contribution < 1.29 is 10.2 Å². The van der Waals surface area contributed by atoms with Crippen molar-refractivity contribution in [1.29, 1.82) is 0 Å². The number of aromatic nitrogens is 2. The zero-order valence-electron chi connectivity index (χ0n) is 11.6. The van der Waals surface area contributed by atoms with Gasteiger partial charge in [0.2, 0.25) is 0 Å². The Morgan fingerprint density at radius 3 is 2.81 bits per heavy atom. The third-order valence-electron chi connectivity index (χ3n) is 3.72. The number of benzene rings is 1. The standard InChI is InChI=1S/C15H18N4O2/c16-15-13(19-7-3-4-10(20)9-19)8-12(17-18-15)11-5-1-2-6-14(11)21/h1-2,5-6,8,10,20-21H,3-4,7,9H2,(H2,16,18)/t10-/m1/s1. The Balaban J connectivity index is 1.98. The summed E-state index contributed by atoms with van der Waals surface area (Å²) in [6.45, 7) is 1.36. The molecule has 1 aliphatic heterocycles. The van der Waals surface area contributed by atoms with Gasteiger partial charge < -0.3 is 20.8 Å². The van der Waals surface area contributed by atoms with Crippen LogP contribution in [0.25, 0.3) is 11.3 Å². The van der Waals surface area contributed by atoms with E-state index < -0.39 is 0 Å². The number of phenolic OH excluding ortho intramolecular Hbond substituents is 1. The molecule has 1 aliphatic rings. The fourth-order valence-corrected chi connectivity index (χ4v) is 2.64. The maximum absolute atomic E-state index is 9.92. The van der Waals surface area contributed by atoms with Gasteiger partial charge in [0.25, 0.3) is 0 Å². The molecule has 0 amide bonds. The molecule has 1 aromatic heterocycles. The molecule has 110 valence electrons. The van der Waals surface area contributed by atoms with Gasteiger partial charge in [0, 0.05) is 18.7 Å². The normalized spacial score (nSPS) is 18.7. The first kappa shape index (κ1) is 13.6. The number of nitrogen functional groups attached to an aromatic ring is 1. The lowest BCUT2D eigenvalue weighted by atomic mass is 10.1. The van der Waals surface area contributed by atoms with Crippen LogP contribution in [0, 0.1) is 0 Å². The third kappa shape index (κ3) is 2.75. The summed E-state index contributed by atoms with van der Waals surface area (Å²) in [5, 5.41) is 27.8. The minimum absolute atomic E-state index is 0.154. The highest BCUT2D eigenvalue weighted by Gasteiger charge is 2.21. The summed E-state index contributed by atoms with van der Waals surface area (Å²) in [5.74, 6) is 0.490. The third-order valence-corrected chi connectivity index (χ3v) is 3.72. The number of hydrogen-bond donors (Lipinski definition) is 3. The summed E-state index contributed by atoms with van der Waals surface area (Å²) in [5.41, 5.74) is 7.86. The largest absolute Gasteiger partial charge is 0.507 e. The lowest BCUT2D eigenvalue weighted by Gasteiger charge is -2.32. The predicted molar refractivity (Wildman–Crippen MR) is 81.0 cm³/mol. The maximum atomic E-state index is 9.92. The van der Waals surface area contributed by atoms with Crippen molar-refractivity contribution in [1.82, 2.24) is 10.2 Å². The van der Waals surface area contributed by atoms with E-state index >= 15 is 0 Å². The molecule has 0 aliphatic carbocycles. The first-order chi connectivity index (χ1) is 10.1. The summed E-state index contributed by atoms with van der Waals surface area (Å²) in [7, 11) is 0. The molecule has 4 N–H and O–H groups in total. The van der Waals surface area contributed by atoms with E-state index in [1.807, 2.05) is 17.0 Å². The molecule has 21 heavy (non-hydrogen) atoms. The van der Waals surface area contributed by atoms with Crippen LogP contribution in [0.3, 0.4) is 0 Å². The number of nitrogens with zero attached hydrogens (tertiary/aromatic N) is 3. The Labute approximate surface area is 122 Å². The van der Waals surface area contributed by atoms with Crippen LogP contribution in [0.2, 0.25) is 0 Å². The van der Waals surface area contributed by atoms with Gasteiger partial charge in [0.15, 0.2) is 5.82 Å². The van der Waals surface area contributed by atoms with E-state index in [1.165, 1.54) is 0 Å². The molecule has 6 heteroatoms. The molecular formula is C15H18N4O2. The fraction of sp³-hybridized carbons (Fsp3) is 0.333. The van der Waals surface area contributed by atoms with Gasteiger partial charge in [-0.05, 0) is 31.0 Å². The van der Waals surface area contributed by atoms with Crippen LogP contribution in [0.5, 0.6) is 5.75 Å². The SMILES string of the molecule is Nc1nnc(-c2ccccc2O)cc1N1CCC[C@@H](O)C1. The van der Waals surface area contributed by atoms with Crippen molar-refractivity contribution in [3.63, 3.8) is 0 Å². The van der Waals surface area contributed by atoms with E-state index in [0.29, 0.717) is 23.6 Å². The predicted octanol–water partition coefficient (Wildman–Crippen LogP) is 1.39. The van der Waals surface area contributed by atoms with Crippen molar-refractivity contribution in [3.8, 4) is 17.0 Å². The number of para-hydroxylation sites is 1. The summed E-state index contributed by atoms with van der Waals surface area (Å²) in [4.78, 5) is 2.02. The second-order valence-electron chi connectivity index (χ2n) is 5.26. The van der Waals surface area contributed by atoms with Crippen LogP contribution in [0.15, 0.2) is 30.3 Å². The number of piperidine rings is 1. The van der Waals surface area contributed by atoms with Crippen molar-refractivity contribution >= 4 is 11.5 Å². The lowest BCUT2D eigenvalue weighted by molar-refractivity contribution is 0.154. The molecule has 1 fully saturated rings. The summed E-state index contributed by atoms with van der Waals surface area (Å²) < 4.78 is 0. The molecule has 2 aromatic rings. The van der Waals surface area contributed by atoms with Crippen molar-refractivity contribution in [2.24, 2.45) is 0 Å². The zero-order chi connectivity index (χ0) is 14.8. The second kappa shape index (κ2) is 5.57. The average Bonchev–Trinajstić information content (AvgIpc) is 2.48. The van der Waals surface area contributed by atoms with Gasteiger partial charge in [-0.1, -0.05) is 12.1 Å². The highest BCUT2D eigenvalue weighted by molar-refractivity contribution is 5.74. The summed E-state index contributed by atoms with van der Waals surface area (Å²) in [6.07, 6.45) is 1.37. The number of rotatable bonds is 2. The van der Waals surface area contributed by atoms with E-state index in [4.69, 9.17) is 5.73 Å². The molecule has 0 radical (unpaired) electrons. The fourth-order valence-electron chi connectivity index (χ4n) is 2.64. The minimum atomic E-state index is -0.347. The molecule has 1 aromatic carbocycles. The molecule has 6 nitrogen and oxygen atoms in total. The molecule has 0 unspecified atom stereocenters. The lowest BCUT2D eigenvalue weighted by Crippen LogP contribution is -2.38. The van der Waals surface area contributed by atoms with E-state index in [-0.39, 0.29) is 11.9 Å². The molecule has 2 heterocycles. The topological polar surface area (TPSA) is 95.5 Å². The average molecular weight is 286 g/mol. The number of hydrogen-bond acceptors (Lipinski definition) is 6. The maximum Gasteiger partial charge on any atom is 0.169 e. The van der Waals surface area contributed by atoms with Gasteiger partial charge in [0.1, 0.15) is 5.75 Å². The van der Waals surface area contributed by atoms with Crippen molar-refractivity contribution in [3.05, 3.63) is 30.3 Å². The van der Waals surface area contributed by atoms with E-state index in [0.717, 1.165) is 25.1 Å². The highest BCUT2D eigenvalue weighted by atomic mass is 16.3. The molecule has 0 spiro atoms. The number of anilines is 2. The Morgan fingerprint density at radius 2 is 2.05 bits per heavy atom. The first-order valence-electron chi connectivity index (χ1n) is 6.99. The van der Waals surface area contributed by atoms with Crippen LogP contribution < -0.4 is 10.6 Å². The highest BCUT2D eigenvalue weighted by Crippen LogP contribution is 2.32. The monoisotopic (exact) mass is 286 g/mol. The molecule has 1 saturated heterocycles. The number of aliphatic hydroxyl groups excluding tert-OH is 1. The molecule has 0 saturated carbocycles. The Hall–Kier alpha value is -2.34. The zero-order valence-corrected chi connectivity index (χ0v) is 11.6. The molecule has 3 rings (SSSR count). The molecule has 1 atom stereocenters. The van der Waals surface area contributed by atoms with Gasteiger partial charge in [-0.25, -0.2) is 0 Å². The van der Waals surface area contributed by atoms with Gasteiger partial charge in [0.05, 0.1) is 17.5 Å². The Kier molecular flexibility index (Phi) is 3.62. The van der Waals surface area contributed by atoms with Crippen LogP contribution in [-0.4, -0.2) is 39.6 Å². The molecular weight excluding hydrogens is 268 g/mol. The van der Waals surface area contributed by atoms with E-state index in [9.17, 15) is 10.2 Å². The molecule has 0 bridgehead atoms. The van der Waals surface area contributed by atoms with Crippen LogP contribution >= 0.6 is 0 Å². The first-order valence-corrected chi connectivity index (χ1v) is 6.99. The number of nitrogens with two attached hydrogens (primary N) is 1. The van der Waals surface area contributed by atoms with Crippen LogP contribution in [0.4, 0.5) is 11.5 Å². The van der Waals surface area contributed by atoms with Gasteiger partial charge in [-0.3, -0.25) is 0 Å². The Morgan fingerprint density at radius 1 is 1.24 bits per heavy atom. The second-order valence-corrected chi connectivity index (χ2v) is 5.26. The van der Waals surface area contributed by atoms with Gasteiger partial charge in [-0.15, -0.1) is 10.2 Å². The number of aliphatic hydroxyl groups is 1. The van der Waals surface area contributed by atoms with Crippen LogP contribution in [0.1, 0.15) is 12.8 Å². The number of phenols is 1. The van der Waals surface area contributed by atoms with Crippen LogP contribution in [-0.2, 0) is 0 Å². The van der Waals surface area contributed by atoms with Gasteiger partial charge >= 0.3 is 0 Å². The smallest absolute Gasteiger partial charge is 0.169 e. The van der Waals surface area contributed by atoms with E-state index in [2.05, 4.69) is 10.2 Å². The Bertz CT molecular complexity index is 647. The summed E-state index contributed by atoms with van der Waals surface area (Å²) in [6, 6.07) is 8.79. The number of β-amino-alcohol motifs (C(OH)–C–C–N with tert-alkyl or cyclic N) is 1. The minimum Gasteiger partial charge on any atom is -0.507 e. The van der Waals surface area contributed by atoms with Crippen molar-refractivity contribution in [2.75, 3.05) is 23.7 Å². The van der Waals surface area contributed by atoms with E-state index in [1.54, 1.807) is 18.2 Å². The van der Waals surface area contributed by atoms with Gasteiger partial charge in [-0.2, -0.15) is 0 Å².